The van der Waals surface area contributed by atoms with Gasteiger partial charge in [0, 0.05) is 36.1 Å². The summed E-state index contributed by atoms with van der Waals surface area (Å²) in [5.41, 5.74) is 2.49. The summed E-state index contributed by atoms with van der Waals surface area (Å²) in [5, 5.41) is 4.97. The van der Waals surface area contributed by atoms with Crippen LogP contribution in [-0.2, 0) is 20.7 Å². The third-order valence-corrected chi connectivity index (χ3v) is 6.42. The van der Waals surface area contributed by atoms with Crippen LogP contribution >= 0.6 is 11.3 Å². The number of pyridine rings is 1. The number of carbonyl (C=O) groups excluding carboxylic acids is 2. The molecule has 1 fully saturated rings. The number of hydrogen-bond acceptors (Lipinski definition) is 5. The van der Waals surface area contributed by atoms with Gasteiger partial charge in [0.15, 0.2) is 0 Å². The molecule has 3 heterocycles. The molecule has 2 aromatic heterocycles. The van der Waals surface area contributed by atoms with E-state index in [1.54, 1.807) is 29.4 Å². The van der Waals surface area contributed by atoms with E-state index in [-0.39, 0.29) is 24.3 Å². The van der Waals surface area contributed by atoms with Gasteiger partial charge in [-0.2, -0.15) is 0 Å². The normalized spacial score (nSPS) is 16.5. The molecule has 1 aliphatic heterocycles. The average Bonchev–Trinajstić information content (AvgIpc) is 3.51. The Hall–Kier alpha value is -3.03. The molecule has 32 heavy (non-hydrogen) atoms. The molecule has 7 heteroatoms. The van der Waals surface area contributed by atoms with Gasteiger partial charge in [-0.15, -0.1) is 11.3 Å². The van der Waals surface area contributed by atoms with E-state index >= 15 is 0 Å². The highest BCUT2D eigenvalue weighted by Gasteiger charge is 2.33. The van der Waals surface area contributed by atoms with Crippen LogP contribution in [0.5, 0.6) is 0 Å². The Bertz CT molecular complexity index is 1020. The van der Waals surface area contributed by atoms with E-state index in [1.807, 2.05) is 48.7 Å². The van der Waals surface area contributed by atoms with E-state index in [9.17, 15) is 9.59 Å². The lowest BCUT2D eigenvalue weighted by Gasteiger charge is -2.32. The van der Waals surface area contributed by atoms with Gasteiger partial charge in [0.2, 0.25) is 11.8 Å². The van der Waals surface area contributed by atoms with E-state index in [0.717, 1.165) is 29.9 Å². The molecule has 2 atom stereocenters. The molecule has 4 rings (SSSR count). The van der Waals surface area contributed by atoms with Crippen molar-refractivity contribution in [3.63, 3.8) is 0 Å². The van der Waals surface area contributed by atoms with Crippen LogP contribution in [0.4, 0.5) is 5.69 Å². The van der Waals surface area contributed by atoms with Crippen LogP contribution in [0.25, 0.3) is 0 Å². The van der Waals surface area contributed by atoms with Gasteiger partial charge < -0.3 is 10.1 Å². The molecule has 166 valence electrons. The first-order chi connectivity index (χ1) is 15.6. The first-order valence-electron chi connectivity index (χ1n) is 10.8. The Labute approximate surface area is 192 Å². The monoisotopic (exact) mass is 449 g/mol. The highest BCUT2D eigenvalue weighted by atomic mass is 32.1. The number of hydrogen-bond donors (Lipinski definition) is 1. The van der Waals surface area contributed by atoms with Crippen LogP contribution in [0.3, 0.4) is 0 Å². The molecule has 0 spiro atoms. The smallest absolute Gasteiger partial charge is 0.247 e. The fourth-order valence-corrected chi connectivity index (χ4v) is 4.57. The molecular formula is C25H27N3O3S. The standard InChI is InChI=1S/C25H27N3O3S/c1-18-6-8-20(9-7-18)28(23(29)16-22-5-3-15-32-22)24(19-10-12-26-13-11-19)25(30)27-17-21-4-2-14-31-21/h3,5-13,15,21,24H,2,4,14,16-17H2,1H3,(H,27,30)/t21-,24-/m0/s1. The molecule has 0 radical (unpaired) electrons. The maximum atomic E-state index is 13.6. The van der Waals surface area contributed by atoms with Gasteiger partial charge in [-0.25, -0.2) is 0 Å². The first-order valence-corrected chi connectivity index (χ1v) is 11.7. The van der Waals surface area contributed by atoms with Gasteiger partial charge in [0.05, 0.1) is 12.5 Å². The summed E-state index contributed by atoms with van der Waals surface area (Å²) in [4.78, 5) is 33.8. The number of thiophene rings is 1. The number of benzene rings is 1. The topological polar surface area (TPSA) is 71.5 Å². The molecule has 2 amide bonds. The molecule has 6 nitrogen and oxygen atoms in total. The predicted octanol–water partition coefficient (Wildman–Crippen LogP) is 4.06. The van der Waals surface area contributed by atoms with E-state index in [4.69, 9.17) is 4.74 Å². The van der Waals surface area contributed by atoms with Gasteiger partial charge >= 0.3 is 0 Å². The quantitative estimate of drug-likeness (QED) is 0.563. The second-order valence-electron chi connectivity index (χ2n) is 7.92. The van der Waals surface area contributed by atoms with Crippen molar-refractivity contribution in [2.45, 2.75) is 38.3 Å². The first kappa shape index (κ1) is 22.2. The third-order valence-electron chi connectivity index (χ3n) is 5.54. The molecule has 0 unspecified atom stereocenters. The Balaban J connectivity index is 1.68. The maximum absolute atomic E-state index is 13.6. The Morgan fingerprint density at radius 1 is 1.19 bits per heavy atom. The molecule has 0 aliphatic carbocycles. The van der Waals surface area contributed by atoms with Crippen molar-refractivity contribution < 1.29 is 14.3 Å². The Morgan fingerprint density at radius 2 is 1.97 bits per heavy atom. The number of amides is 2. The van der Waals surface area contributed by atoms with Crippen LogP contribution in [-0.4, -0.2) is 36.1 Å². The molecule has 0 bridgehead atoms. The zero-order chi connectivity index (χ0) is 22.3. The van der Waals surface area contributed by atoms with Gasteiger partial charge in [-0.05, 0) is 61.0 Å². The zero-order valence-corrected chi connectivity index (χ0v) is 18.9. The molecule has 1 aromatic carbocycles. The molecule has 0 saturated carbocycles. The van der Waals surface area contributed by atoms with Crippen molar-refractivity contribution >= 4 is 28.8 Å². The fourth-order valence-electron chi connectivity index (χ4n) is 3.87. The predicted molar refractivity (Wildman–Crippen MR) is 126 cm³/mol. The summed E-state index contributed by atoms with van der Waals surface area (Å²) in [6.45, 7) is 3.15. The second kappa shape index (κ2) is 10.5. The van der Waals surface area contributed by atoms with E-state index in [1.165, 1.54) is 11.3 Å². The number of ether oxygens (including phenoxy) is 1. The highest BCUT2D eigenvalue weighted by molar-refractivity contribution is 7.10. The van der Waals surface area contributed by atoms with Crippen LogP contribution < -0.4 is 10.2 Å². The number of anilines is 1. The average molecular weight is 450 g/mol. The summed E-state index contributed by atoms with van der Waals surface area (Å²) >= 11 is 1.53. The van der Waals surface area contributed by atoms with Crippen LogP contribution in [0.1, 0.15) is 34.9 Å². The van der Waals surface area contributed by atoms with Crippen molar-refractivity contribution in [2.75, 3.05) is 18.1 Å². The van der Waals surface area contributed by atoms with Crippen molar-refractivity contribution in [2.24, 2.45) is 0 Å². The lowest BCUT2D eigenvalue weighted by atomic mass is 10.0. The van der Waals surface area contributed by atoms with Crippen LogP contribution in [0.15, 0.2) is 66.3 Å². The van der Waals surface area contributed by atoms with E-state index in [0.29, 0.717) is 17.8 Å². The summed E-state index contributed by atoms with van der Waals surface area (Å²) < 4.78 is 5.66. The second-order valence-corrected chi connectivity index (χ2v) is 8.95. The summed E-state index contributed by atoms with van der Waals surface area (Å²) in [6.07, 6.45) is 5.47. The number of nitrogens with one attached hydrogen (secondary N) is 1. The molecule has 1 saturated heterocycles. The van der Waals surface area contributed by atoms with Crippen molar-refractivity contribution in [1.82, 2.24) is 10.3 Å². The summed E-state index contributed by atoms with van der Waals surface area (Å²) in [6, 6.07) is 14.3. The Morgan fingerprint density at radius 3 is 2.62 bits per heavy atom. The van der Waals surface area contributed by atoms with Crippen molar-refractivity contribution in [3.05, 3.63) is 82.3 Å². The number of carbonyl (C=O) groups is 2. The van der Waals surface area contributed by atoms with Crippen molar-refractivity contribution in [1.29, 1.82) is 0 Å². The SMILES string of the molecule is Cc1ccc(N(C(=O)Cc2cccs2)[C@H](C(=O)NC[C@@H]2CCCO2)c2ccncc2)cc1. The fraction of sp³-hybridized carbons (Fsp3) is 0.320. The minimum Gasteiger partial charge on any atom is -0.376 e. The molecule has 1 N–H and O–H groups in total. The highest BCUT2D eigenvalue weighted by Crippen LogP contribution is 2.29. The van der Waals surface area contributed by atoms with Gasteiger partial charge in [-0.1, -0.05) is 23.8 Å². The number of nitrogens with zero attached hydrogens (tertiary/aromatic N) is 2. The lowest BCUT2D eigenvalue weighted by molar-refractivity contribution is -0.126. The largest absolute Gasteiger partial charge is 0.376 e. The Kier molecular flexibility index (Phi) is 7.29. The summed E-state index contributed by atoms with van der Waals surface area (Å²) in [5.74, 6) is -0.364. The van der Waals surface area contributed by atoms with Gasteiger partial charge in [0.1, 0.15) is 6.04 Å². The van der Waals surface area contributed by atoms with Crippen LogP contribution in [0.2, 0.25) is 0 Å². The zero-order valence-electron chi connectivity index (χ0n) is 18.1. The maximum Gasteiger partial charge on any atom is 0.247 e. The molecule has 3 aromatic rings. The minimum atomic E-state index is -0.811. The molecular weight excluding hydrogens is 422 g/mol. The van der Waals surface area contributed by atoms with Gasteiger partial charge in [-0.3, -0.25) is 19.5 Å². The van der Waals surface area contributed by atoms with E-state index in [2.05, 4.69) is 10.3 Å². The number of rotatable bonds is 8. The minimum absolute atomic E-state index is 0.0201. The number of aryl methyl sites for hydroxylation is 1. The van der Waals surface area contributed by atoms with E-state index < -0.39 is 6.04 Å². The molecule has 1 aliphatic rings. The van der Waals surface area contributed by atoms with Crippen molar-refractivity contribution in [3.8, 4) is 0 Å². The number of aromatic nitrogens is 1. The third kappa shape index (κ3) is 5.41. The van der Waals surface area contributed by atoms with Gasteiger partial charge in [0.25, 0.3) is 0 Å². The van der Waals surface area contributed by atoms with Crippen LogP contribution in [0, 0.1) is 6.92 Å². The summed E-state index contributed by atoms with van der Waals surface area (Å²) in [7, 11) is 0. The lowest BCUT2D eigenvalue weighted by Crippen LogP contribution is -2.46.